The summed E-state index contributed by atoms with van der Waals surface area (Å²) in [6.45, 7) is 6.50. The van der Waals surface area contributed by atoms with Crippen LogP contribution < -0.4 is 5.32 Å². The average Bonchev–Trinajstić information content (AvgIpc) is 3.32. The summed E-state index contributed by atoms with van der Waals surface area (Å²) >= 11 is 0. The van der Waals surface area contributed by atoms with Crippen molar-refractivity contribution in [1.29, 1.82) is 0 Å². The summed E-state index contributed by atoms with van der Waals surface area (Å²) in [7, 11) is 0. The maximum Gasteiger partial charge on any atom is 0.420 e. The molecule has 0 unspecified atom stereocenters. The van der Waals surface area contributed by atoms with Crippen LogP contribution in [-0.2, 0) is 10.9 Å². The fourth-order valence-corrected chi connectivity index (χ4v) is 5.83. The van der Waals surface area contributed by atoms with Gasteiger partial charge in [0, 0.05) is 44.5 Å². The Morgan fingerprint density at radius 3 is 2.41 bits per heavy atom. The lowest BCUT2D eigenvalue weighted by molar-refractivity contribution is -0.137. The van der Waals surface area contributed by atoms with Gasteiger partial charge in [-0.1, -0.05) is 6.07 Å². The number of likely N-dealkylation sites (tertiary alicyclic amines) is 1. The van der Waals surface area contributed by atoms with Gasteiger partial charge >= 0.3 is 6.18 Å². The molecule has 1 N–H and O–H groups in total. The largest absolute Gasteiger partial charge is 0.420 e. The lowest BCUT2D eigenvalue weighted by Crippen LogP contribution is -2.32. The van der Waals surface area contributed by atoms with E-state index in [4.69, 9.17) is 4.74 Å². The molecule has 1 aromatic carbocycles. The number of ether oxygens (including phenoxy) is 1. The van der Waals surface area contributed by atoms with Crippen LogP contribution in [0.3, 0.4) is 0 Å². The van der Waals surface area contributed by atoms with Crippen LogP contribution in [0, 0.1) is 30.5 Å². The van der Waals surface area contributed by atoms with Gasteiger partial charge in [0.25, 0.3) is 0 Å². The second-order valence-corrected chi connectivity index (χ2v) is 10.1. The maximum absolute atomic E-state index is 14.3. The van der Waals surface area contributed by atoms with Crippen molar-refractivity contribution in [2.45, 2.75) is 44.8 Å². The molecule has 9 heteroatoms. The van der Waals surface area contributed by atoms with E-state index < -0.39 is 17.6 Å². The molecule has 1 aliphatic carbocycles. The standard InChI is InChI=1S/C25H30F4N4O/c1-15-2-3-20(22(26)8-15)23-11-21(25(27,28)29)24(32-31-23)30-19-9-17-13-33(14-18(17)10-19)12-16-4-6-34-7-5-16/h2-3,8,11,16-19H,4-7,9-10,12-14H2,1H3,(H,30,32)/t17-,18+,19-. The van der Waals surface area contributed by atoms with Gasteiger partial charge in [-0.15, -0.1) is 10.2 Å². The van der Waals surface area contributed by atoms with Crippen LogP contribution >= 0.6 is 0 Å². The number of alkyl halides is 3. The van der Waals surface area contributed by atoms with Crippen LogP contribution in [0.1, 0.15) is 36.8 Å². The Morgan fingerprint density at radius 2 is 1.76 bits per heavy atom. The minimum absolute atomic E-state index is 0.00941. The van der Waals surface area contributed by atoms with E-state index in [2.05, 4.69) is 20.4 Å². The molecule has 0 radical (unpaired) electrons. The molecule has 2 aromatic rings. The quantitative estimate of drug-likeness (QED) is 0.602. The summed E-state index contributed by atoms with van der Waals surface area (Å²) in [5.41, 5.74) is -0.338. The third-order valence-corrected chi connectivity index (χ3v) is 7.52. The monoisotopic (exact) mass is 478 g/mol. The van der Waals surface area contributed by atoms with E-state index >= 15 is 0 Å². The van der Waals surface area contributed by atoms with Gasteiger partial charge in [-0.2, -0.15) is 13.2 Å². The fourth-order valence-electron chi connectivity index (χ4n) is 5.83. The van der Waals surface area contributed by atoms with E-state index in [1.807, 2.05) is 0 Å². The van der Waals surface area contributed by atoms with Gasteiger partial charge < -0.3 is 15.0 Å². The number of aromatic nitrogens is 2. The summed E-state index contributed by atoms with van der Waals surface area (Å²) in [5, 5.41) is 10.8. The number of hydrogen-bond acceptors (Lipinski definition) is 5. The van der Waals surface area contributed by atoms with E-state index in [0.717, 1.165) is 64.6 Å². The Labute approximate surface area is 196 Å². The third kappa shape index (κ3) is 5.05. The first-order valence-electron chi connectivity index (χ1n) is 12.0. The molecule has 184 valence electrons. The van der Waals surface area contributed by atoms with Crippen LogP contribution in [0.2, 0.25) is 0 Å². The van der Waals surface area contributed by atoms with Gasteiger partial charge in [0.15, 0.2) is 5.82 Å². The number of halogens is 4. The topological polar surface area (TPSA) is 50.3 Å². The van der Waals surface area contributed by atoms with Crippen molar-refractivity contribution >= 4 is 5.82 Å². The van der Waals surface area contributed by atoms with Crippen LogP contribution in [-0.4, -0.2) is 54.0 Å². The molecule has 5 rings (SSSR count). The van der Waals surface area contributed by atoms with Crippen molar-refractivity contribution in [2.75, 3.05) is 38.2 Å². The first-order valence-corrected chi connectivity index (χ1v) is 12.0. The number of benzene rings is 1. The number of rotatable bonds is 5. The lowest BCUT2D eigenvalue weighted by Gasteiger charge is -2.28. The van der Waals surface area contributed by atoms with Crippen LogP contribution in [0.4, 0.5) is 23.4 Å². The highest BCUT2D eigenvalue weighted by Crippen LogP contribution is 2.42. The minimum atomic E-state index is -4.62. The number of anilines is 1. The Kier molecular flexibility index (Phi) is 6.50. The van der Waals surface area contributed by atoms with Crippen LogP contribution in [0.25, 0.3) is 11.3 Å². The molecule has 1 aromatic heterocycles. The lowest BCUT2D eigenvalue weighted by atomic mass is 10.00. The fraction of sp³-hybridized carbons (Fsp3) is 0.600. The molecule has 2 aliphatic heterocycles. The molecule has 3 atom stereocenters. The summed E-state index contributed by atoms with van der Waals surface area (Å²) in [6.07, 6.45) is -0.761. The molecule has 3 fully saturated rings. The smallest absolute Gasteiger partial charge is 0.381 e. The second-order valence-electron chi connectivity index (χ2n) is 10.1. The van der Waals surface area contributed by atoms with Gasteiger partial charge in [-0.25, -0.2) is 4.39 Å². The van der Waals surface area contributed by atoms with Crippen LogP contribution in [0.15, 0.2) is 24.3 Å². The van der Waals surface area contributed by atoms with Crippen molar-refractivity contribution in [3.05, 3.63) is 41.2 Å². The first kappa shape index (κ1) is 23.5. The Morgan fingerprint density at radius 1 is 1.06 bits per heavy atom. The molecule has 3 heterocycles. The van der Waals surface area contributed by atoms with Gasteiger partial charge in [0.2, 0.25) is 0 Å². The van der Waals surface area contributed by atoms with Crippen molar-refractivity contribution in [1.82, 2.24) is 15.1 Å². The van der Waals surface area contributed by atoms with E-state index in [1.165, 1.54) is 12.1 Å². The normalized spacial score (nSPS) is 26.1. The summed E-state index contributed by atoms with van der Waals surface area (Å²) in [5.74, 6) is 0.772. The summed E-state index contributed by atoms with van der Waals surface area (Å²) in [4.78, 5) is 2.52. The summed E-state index contributed by atoms with van der Waals surface area (Å²) in [6, 6.07) is 5.18. The van der Waals surface area contributed by atoms with Crippen molar-refractivity contribution < 1.29 is 22.3 Å². The molecule has 3 aliphatic rings. The van der Waals surface area contributed by atoms with Crippen LogP contribution in [0.5, 0.6) is 0 Å². The maximum atomic E-state index is 14.3. The molecule has 1 saturated carbocycles. The molecule has 34 heavy (non-hydrogen) atoms. The van der Waals surface area contributed by atoms with Crippen molar-refractivity contribution in [2.24, 2.45) is 17.8 Å². The van der Waals surface area contributed by atoms with Gasteiger partial charge in [-0.3, -0.25) is 0 Å². The summed E-state index contributed by atoms with van der Waals surface area (Å²) < 4.78 is 61.4. The van der Waals surface area contributed by atoms with Gasteiger partial charge in [-0.05, 0) is 74.1 Å². The van der Waals surface area contributed by atoms with E-state index in [1.54, 1.807) is 13.0 Å². The average molecular weight is 479 g/mol. The van der Waals surface area contributed by atoms with Gasteiger partial charge in [0.1, 0.15) is 11.4 Å². The molecule has 0 bridgehead atoms. The number of nitrogens with one attached hydrogen (secondary N) is 1. The molecule has 5 nitrogen and oxygen atoms in total. The van der Waals surface area contributed by atoms with Gasteiger partial charge in [0.05, 0.1) is 5.69 Å². The highest BCUT2D eigenvalue weighted by Gasteiger charge is 2.43. The zero-order chi connectivity index (χ0) is 23.9. The highest BCUT2D eigenvalue weighted by molar-refractivity contribution is 5.63. The van der Waals surface area contributed by atoms with E-state index in [0.29, 0.717) is 23.3 Å². The highest BCUT2D eigenvalue weighted by atomic mass is 19.4. The Balaban J connectivity index is 1.26. The van der Waals surface area contributed by atoms with Crippen molar-refractivity contribution in [3.63, 3.8) is 0 Å². The molecule has 2 saturated heterocycles. The zero-order valence-electron chi connectivity index (χ0n) is 19.2. The van der Waals surface area contributed by atoms with E-state index in [9.17, 15) is 17.6 Å². The third-order valence-electron chi connectivity index (χ3n) is 7.52. The Hall–Kier alpha value is -2.26. The predicted molar refractivity (Wildman–Crippen MR) is 121 cm³/mol. The number of nitrogens with zero attached hydrogens (tertiary/aromatic N) is 3. The number of aryl methyl sites for hydroxylation is 1. The predicted octanol–water partition coefficient (Wildman–Crippen LogP) is 5.16. The molecule has 0 spiro atoms. The molecular weight excluding hydrogens is 448 g/mol. The molecular formula is C25H30F4N4O. The Bertz CT molecular complexity index is 1010. The molecule has 0 amide bonds. The second kappa shape index (κ2) is 9.41. The minimum Gasteiger partial charge on any atom is -0.381 e. The van der Waals surface area contributed by atoms with Crippen molar-refractivity contribution in [3.8, 4) is 11.3 Å². The SMILES string of the molecule is Cc1ccc(-c2cc(C(F)(F)F)c(N[C@@H]3C[C@@H]4CN(CC5CCOCC5)C[C@@H]4C3)nn2)c(F)c1. The number of hydrogen-bond donors (Lipinski definition) is 1. The van der Waals surface area contributed by atoms with E-state index in [-0.39, 0.29) is 23.1 Å². The first-order chi connectivity index (χ1) is 16.3. The number of fused-ring (bicyclic) bond motifs is 1. The zero-order valence-corrected chi connectivity index (χ0v) is 19.2.